The Hall–Kier alpha value is -2.53. The first-order valence-corrected chi connectivity index (χ1v) is 14.8. The van der Waals surface area contributed by atoms with Gasteiger partial charge in [-0.05, 0) is 51.4 Å². The van der Waals surface area contributed by atoms with Gasteiger partial charge in [-0.3, -0.25) is 9.59 Å². The average molecular weight is 622 g/mol. The summed E-state index contributed by atoms with van der Waals surface area (Å²) in [6.07, 6.45) is 3.49. The van der Waals surface area contributed by atoms with Crippen LogP contribution in [-0.4, -0.2) is 74.4 Å². The van der Waals surface area contributed by atoms with Gasteiger partial charge in [0.1, 0.15) is 5.69 Å². The van der Waals surface area contributed by atoms with Gasteiger partial charge in [0.05, 0.1) is 6.10 Å². The van der Waals surface area contributed by atoms with E-state index in [4.69, 9.17) is 4.74 Å². The van der Waals surface area contributed by atoms with Gasteiger partial charge >= 0.3 is 5.91 Å². The van der Waals surface area contributed by atoms with Crippen LogP contribution in [0.1, 0.15) is 47.0 Å². The van der Waals surface area contributed by atoms with Crippen LogP contribution in [0.4, 0.5) is 5.69 Å². The summed E-state index contributed by atoms with van der Waals surface area (Å²) in [5.74, 6) is -0.787. The van der Waals surface area contributed by atoms with Crippen molar-refractivity contribution >= 4 is 39.3 Å². The number of allylic oxidation sites excluding steroid dienone is 1. The summed E-state index contributed by atoms with van der Waals surface area (Å²) in [5.41, 5.74) is 1.72. The highest BCUT2D eigenvalue weighted by Gasteiger charge is 2.31. The maximum atomic E-state index is 13.4. The van der Waals surface area contributed by atoms with Crippen molar-refractivity contribution in [3.63, 3.8) is 0 Å². The number of benzene rings is 1. The topological polar surface area (TPSA) is 116 Å². The van der Waals surface area contributed by atoms with E-state index >= 15 is 0 Å². The molecule has 1 aliphatic rings. The molecule has 3 amide bonds. The predicted molar refractivity (Wildman–Crippen MR) is 162 cm³/mol. The lowest BCUT2D eigenvalue weighted by atomic mass is 9.88. The molecule has 3 atom stereocenters. The standard InChI is InChI=1S/C30H46BrN5O4/c1-8-40-24-15-14-21(31)16-23(24)28(38)33-19-30(3,4)17-25(37)35-27(26(32-5)20(2)18-36(6)7)29(39)34-22-12-10-9-11-13-22/h9-13,16,20-21,24,32H,8,14-15,17-19H2,1-7H3,(H,33,38)(H,34,39)(H,35,37)/p+1/b27-26+. The van der Waals surface area contributed by atoms with Gasteiger partial charge in [0, 0.05) is 55.2 Å². The highest BCUT2D eigenvalue weighted by atomic mass is 79.9. The Bertz CT molecular complexity index is 1070. The van der Waals surface area contributed by atoms with E-state index in [1.165, 1.54) is 5.32 Å². The molecule has 0 aromatic heterocycles. The summed E-state index contributed by atoms with van der Waals surface area (Å²) in [5, 5.41) is 10.6. The molecule has 1 aliphatic carbocycles. The molecule has 0 aliphatic heterocycles. The zero-order valence-corrected chi connectivity index (χ0v) is 26.6. The highest BCUT2D eigenvalue weighted by molar-refractivity contribution is 9.09. The minimum atomic E-state index is -0.559. The van der Waals surface area contributed by atoms with Gasteiger partial charge in [0.15, 0.2) is 5.70 Å². The van der Waals surface area contributed by atoms with E-state index in [-0.39, 0.29) is 46.7 Å². The monoisotopic (exact) mass is 620 g/mol. The lowest BCUT2D eigenvalue weighted by Crippen LogP contribution is -2.83. The molecule has 0 heterocycles. The van der Waals surface area contributed by atoms with Crippen molar-refractivity contribution in [2.24, 2.45) is 11.3 Å². The average Bonchev–Trinajstić information content (AvgIpc) is 2.88. The van der Waals surface area contributed by atoms with Crippen LogP contribution in [0.25, 0.3) is 0 Å². The molecule has 1 aromatic rings. The van der Waals surface area contributed by atoms with Crippen LogP contribution >= 0.6 is 15.9 Å². The van der Waals surface area contributed by atoms with Crippen LogP contribution in [0.3, 0.4) is 0 Å². The number of rotatable bonds is 14. The van der Waals surface area contributed by atoms with Gasteiger partial charge in [0.2, 0.25) is 11.8 Å². The maximum absolute atomic E-state index is 13.4. The van der Waals surface area contributed by atoms with Gasteiger partial charge in [-0.15, -0.1) is 0 Å². The summed E-state index contributed by atoms with van der Waals surface area (Å²) < 4.78 is 5.78. The third-order valence-electron chi connectivity index (χ3n) is 6.69. The number of hydrogen-bond acceptors (Lipinski definition) is 6. The van der Waals surface area contributed by atoms with Crippen molar-refractivity contribution in [1.29, 1.82) is 0 Å². The molecule has 0 radical (unpaired) electrons. The summed E-state index contributed by atoms with van der Waals surface area (Å²) in [4.78, 5) is 42.0. The molecule has 5 N–H and O–H groups in total. The molecule has 0 spiro atoms. The Morgan fingerprint density at radius 1 is 1.18 bits per heavy atom. The molecule has 1 aromatic carbocycles. The normalized spacial score (nSPS) is 18.9. The maximum Gasteiger partial charge on any atom is 0.365 e. The molecule has 9 nitrogen and oxygen atoms in total. The number of para-hydroxylation sites is 1. The van der Waals surface area contributed by atoms with Gasteiger partial charge in [-0.25, -0.2) is 10.1 Å². The van der Waals surface area contributed by atoms with Gasteiger partial charge in [-0.2, -0.15) is 0 Å². The third-order valence-corrected chi connectivity index (χ3v) is 7.41. The Balaban J connectivity index is 2.16. The SMILES string of the molecule is CCOC1CCC(Br)C=C1C(=O)NCC(C)(C)CC(=O)N/C(C(=O)[NH2+]c1ccccc1)=C(/NC)C(C)CN(C)C. The largest absolute Gasteiger partial charge is 0.389 e. The molecule has 0 fully saturated rings. The predicted octanol–water partition coefficient (Wildman–Crippen LogP) is 2.57. The minimum absolute atomic E-state index is 0.0314. The fourth-order valence-electron chi connectivity index (χ4n) is 4.84. The number of nitrogens with one attached hydrogen (secondary N) is 3. The number of hydrogen-bond donors (Lipinski definition) is 4. The van der Waals surface area contributed by atoms with Gasteiger partial charge < -0.3 is 25.6 Å². The van der Waals surface area contributed by atoms with E-state index in [9.17, 15) is 14.4 Å². The Morgan fingerprint density at radius 3 is 2.45 bits per heavy atom. The quantitative estimate of drug-likeness (QED) is 0.144. The van der Waals surface area contributed by atoms with Crippen LogP contribution in [0.5, 0.6) is 0 Å². The summed E-state index contributed by atoms with van der Waals surface area (Å²) in [7, 11) is 5.69. The zero-order chi connectivity index (χ0) is 29.9. The number of halogens is 1. The summed E-state index contributed by atoms with van der Waals surface area (Å²) in [6.45, 7) is 9.30. The second-order valence-corrected chi connectivity index (χ2v) is 12.5. The molecule has 40 heavy (non-hydrogen) atoms. The zero-order valence-electron chi connectivity index (χ0n) is 25.0. The van der Waals surface area contributed by atoms with Crippen LogP contribution in [0.15, 0.2) is 53.4 Å². The van der Waals surface area contributed by atoms with Crippen LogP contribution in [0.2, 0.25) is 0 Å². The van der Waals surface area contributed by atoms with Crippen LogP contribution < -0.4 is 21.3 Å². The third kappa shape index (κ3) is 10.8. The van der Waals surface area contributed by atoms with Crippen molar-refractivity contribution in [1.82, 2.24) is 20.9 Å². The molecule has 10 heteroatoms. The molecule has 0 bridgehead atoms. The molecule has 0 saturated carbocycles. The Morgan fingerprint density at radius 2 is 1.85 bits per heavy atom. The van der Waals surface area contributed by atoms with Crippen molar-refractivity contribution in [2.45, 2.75) is 57.9 Å². The first-order chi connectivity index (χ1) is 18.9. The molecule has 0 saturated heterocycles. The second-order valence-electron chi connectivity index (χ2n) is 11.4. The fourth-order valence-corrected chi connectivity index (χ4v) is 5.39. The van der Waals surface area contributed by atoms with Crippen molar-refractivity contribution in [2.75, 3.05) is 40.8 Å². The smallest absolute Gasteiger partial charge is 0.365 e. The minimum Gasteiger partial charge on any atom is -0.389 e. The van der Waals surface area contributed by atoms with E-state index in [1.807, 2.05) is 83.1 Å². The number of carbonyl (C=O) groups excluding carboxylic acids is 3. The van der Waals surface area contributed by atoms with E-state index in [2.05, 4.69) is 31.9 Å². The molecule has 2 rings (SSSR count). The van der Waals surface area contributed by atoms with Crippen molar-refractivity contribution < 1.29 is 24.4 Å². The number of alkyl halides is 1. The molecule has 3 unspecified atom stereocenters. The first-order valence-electron chi connectivity index (χ1n) is 13.9. The first kappa shape index (κ1) is 33.7. The Kier molecular flexibility index (Phi) is 13.5. The molecular formula is C30H47BrN5O4+. The van der Waals surface area contributed by atoms with E-state index in [1.54, 1.807) is 7.05 Å². The highest BCUT2D eigenvalue weighted by Crippen LogP contribution is 2.27. The number of primary amides is 1. The summed E-state index contributed by atoms with van der Waals surface area (Å²) in [6, 6.07) is 9.31. The lowest BCUT2D eigenvalue weighted by molar-refractivity contribution is -0.479. The van der Waals surface area contributed by atoms with E-state index in [0.29, 0.717) is 31.0 Å². The van der Waals surface area contributed by atoms with Crippen molar-refractivity contribution in [3.8, 4) is 0 Å². The van der Waals surface area contributed by atoms with Gasteiger partial charge in [-0.1, -0.05) is 61.0 Å². The molecular weight excluding hydrogens is 574 g/mol. The van der Waals surface area contributed by atoms with Crippen LogP contribution in [-0.2, 0) is 19.1 Å². The van der Waals surface area contributed by atoms with Gasteiger partial charge in [0.25, 0.3) is 0 Å². The molecule has 222 valence electrons. The van der Waals surface area contributed by atoms with E-state index < -0.39 is 5.41 Å². The van der Waals surface area contributed by atoms with Crippen LogP contribution in [0, 0.1) is 11.3 Å². The number of nitrogens with zero attached hydrogens (tertiary/aromatic N) is 1. The number of amides is 3. The number of quaternary nitrogens is 1. The van der Waals surface area contributed by atoms with Crippen molar-refractivity contribution in [3.05, 3.63) is 53.4 Å². The Labute approximate surface area is 247 Å². The number of nitrogens with two attached hydrogens (primary N) is 1. The second kappa shape index (κ2) is 16.0. The van der Waals surface area contributed by atoms with E-state index in [0.717, 1.165) is 18.5 Å². The lowest BCUT2D eigenvalue weighted by Gasteiger charge is -2.28. The number of ether oxygens (including phenoxy) is 1. The summed E-state index contributed by atoms with van der Waals surface area (Å²) >= 11 is 3.59. The fraction of sp³-hybridized carbons (Fsp3) is 0.567. The number of carbonyl (C=O) groups is 3.